The molecular weight excluding hydrogens is 120 g/mol. The van der Waals surface area contributed by atoms with Crippen molar-refractivity contribution in [2.75, 3.05) is 0 Å². The van der Waals surface area contributed by atoms with E-state index in [4.69, 9.17) is 0 Å². The minimum Gasteiger partial charge on any atom is -0.0843 e. The Hall–Kier alpha value is -0.520. The molecule has 0 saturated carbocycles. The molecule has 0 radical (unpaired) electrons. The van der Waals surface area contributed by atoms with Crippen molar-refractivity contribution in [2.24, 2.45) is 0 Å². The fourth-order valence-electron chi connectivity index (χ4n) is 1.30. The minimum atomic E-state index is 1.26. The molecule has 0 aromatic heterocycles. The molecule has 0 aromatic carbocycles. The average Bonchev–Trinajstić information content (AvgIpc) is 2.17. The third-order valence-electron chi connectivity index (χ3n) is 1.85. The predicted molar refractivity (Wildman–Crippen MR) is 46.0 cm³/mol. The summed E-state index contributed by atoms with van der Waals surface area (Å²) in [5.41, 5.74) is 1.54. The smallest absolute Gasteiger partial charge is 0.0285 e. The van der Waals surface area contributed by atoms with E-state index < -0.39 is 0 Å². The highest BCUT2D eigenvalue weighted by atomic mass is 14.0. The van der Waals surface area contributed by atoms with Gasteiger partial charge >= 0.3 is 0 Å². The van der Waals surface area contributed by atoms with Crippen molar-refractivity contribution in [3.05, 3.63) is 23.8 Å². The van der Waals surface area contributed by atoms with Gasteiger partial charge in [-0.05, 0) is 25.7 Å². The van der Waals surface area contributed by atoms with E-state index in [2.05, 4.69) is 25.2 Å². The molecule has 56 valence electrons. The zero-order chi connectivity index (χ0) is 7.23. The fraction of sp³-hybridized carbons (Fsp3) is 0.600. The Morgan fingerprint density at radius 2 is 2.30 bits per heavy atom. The average molecular weight is 136 g/mol. The van der Waals surface area contributed by atoms with Crippen molar-refractivity contribution in [2.45, 2.75) is 39.0 Å². The maximum absolute atomic E-state index is 2.38. The van der Waals surface area contributed by atoms with Gasteiger partial charge in [-0.2, -0.15) is 0 Å². The summed E-state index contributed by atoms with van der Waals surface area (Å²) in [5, 5.41) is 0. The van der Waals surface area contributed by atoms with Crippen LogP contribution in [0.2, 0.25) is 0 Å². The van der Waals surface area contributed by atoms with Crippen LogP contribution in [0.5, 0.6) is 0 Å². The first-order chi connectivity index (χ1) is 4.93. The van der Waals surface area contributed by atoms with Crippen molar-refractivity contribution < 1.29 is 0 Å². The van der Waals surface area contributed by atoms with Gasteiger partial charge in [-0.3, -0.25) is 0 Å². The molecule has 1 aliphatic carbocycles. The topological polar surface area (TPSA) is 0 Å². The monoisotopic (exact) mass is 136 g/mol. The highest BCUT2D eigenvalue weighted by Gasteiger charge is 1.93. The molecule has 0 bridgehead atoms. The molecule has 0 nitrogen and oxygen atoms in total. The molecule has 0 heteroatoms. The van der Waals surface area contributed by atoms with Crippen LogP contribution in [0.3, 0.4) is 0 Å². The normalized spacial score (nSPS) is 18.3. The van der Waals surface area contributed by atoms with E-state index in [0.717, 1.165) is 0 Å². The first-order valence-corrected chi connectivity index (χ1v) is 4.29. The van der Waals surface area contributed by atoms with Crippen LogP contribution in [0.15, 0.2) is 23.8 Å². The number of hydrogen-bond donors (Lipinski definition) is 0. The molecule has 0 heterocycles. The molecule has 0 spiro atoms. The summed E-state index contributed by atoms with van der Waals surface area (Å²) in [5.74, 6) is 0. The van der Waals surface area contributed by atoms with Crippen molar-refractivity contribution in [3.63, 3.8) is 0 Å². The highest BCUT2D eigenvalue weighted by Crippen LogP contribution is 2.13. The van der Waals surface area contributed by atoms with Crippen LogP contribution in [-0.4, -0.2) is 0 Å². The lowest BCUT2D eigenvalue weighted by atomic mass is 10.1. The Morgan fingerprint density at radius 3 is 3.10 bits per heavy atom. The Balaban J connectivity index is 2.44. The molecule has 0 unspecified atom stereocenters. The second kappa shape index (κ2) is 4.32. The van der Waals surface area contributed by atoms with Crippen LogP contribution in [0.25, 0.3) is 0 Å². The molecule has 0 aromatic rings. The summed E-state index contributed by atoms with van der Waals surface area (Å²) in [6, 6.07) is 0. The fourth-order valence-corrected chi connectivity index (χ4v) is 1.30. The summed E-state index contributed by atoms with van der Waals surface area (Å²) in [6.45, 7) is 2.24. The molecule has 0 amide bonds. The van der Waals surface area contributed by atoms with Crippen LogP contribution < -0.4 is 0 Å². The number of hydrogen-bond acceptors (Lipinski definition) is 0. The molecular formula is C10H16. The van der Waals surface area contributed by atoms with Gasteiger partial charge in [0.15, 0.2) is 0 Å². The Labute approximate surface area is 63.6 Å². The van der Waals surface area contributed by atoms with E-state index in [-0.39, 0.29) is 0 Å². The lowest BCUT2D eigenvalue weighted by Crippen LogP contribution is -1.75. The van der Waals surface area contributed by atoms with Gasteiger partial charge in [0, 0.05) is 0 Å². The molecule has 1 aliphatic rings. The zero-order valence-corrected chi connectivity index (χ0v) is 6.77. The van der Waals surface area contributed by atoms with Crippen molar-refractivity contribution in [1.29, 1.82) is 0 Å². The van der Waals surface area contributed by atoms with E-state index in [1.165, 1.54) is 32.1 Å². The zero-order valence-electron chi connectivity index (χ0n) is 6.77. The van der Waals surface area contributed by atoms with E-state index >= 15 is 0 Å². The van der Waals surface area contributed by atoms with Gasteiger partial charge in [0.05, 0.1) is 0 Å². The van der Waals surface area contributed by atoms with Gasteiger partial charge in [-0.1, -0.05) is 37.1 Å². The maximum Gasteiger partial charge on any atom is -0.0285 e. The van der Waals surface area contributed by atoms with Crippen LogP contribution in [0.1, 0.15) is 39.0 Å². The minimum absolute atomic E-state index is 1.26. The van der Waals surface area contributed by atoms with Crippen molar-refractivity contribution in [3.8, 4) is 0 Å². The van der Waals surface area contributed by atoms with Crippen LogP contribution in [-0.2, 0) is 0 Å². The first-order valence-electron chi connectivity index (χ1n) is 4.29. The molecule has 0 atom stereocenters. The standard InChI is InChI=1S/C10H16/c1-2-7-10-8-5-3-4-6-9-10/h5,8-9H,2-4,6-7H2,1H3. The quantitative estimate of drug-likeness (QED) is 0.545. The summed E-state index contributed by atoms with van der Waals surface area (Å²) in [6.07, 6.45) is 13.4. The summed E-state index contributed by atoms with van der Waals surface area (Å²) < 4.78 is 0. The molecule has 1 rings (SSSR count). The summed E-state index contributed by atoms with van der Waals surface area (Å²) in [4.78, 5) is 0. The summed E-state index contributed by atoms with van der Waals surface area (Å²) in [7, 11) is 0. The lowest BCUT2D eigenvalue weighted by Gasteiger charge is -1.95. The Kier molecular flexibility index (Phi) is 3.28. The van der Waals surface area contributed by atoms with Gasteiger partial charge in [-0.15, -0.1) is 0 Å². The third-order valence-corrected chi connectivity index (χ3v) is 1.85. The highest BCUT2D eigenvalue weighted by molar-refractivity contribution is 5.19. The maximum atomic E-state index is 2.38. The lowest BCUT2D eigenvalue weighted by molar-refractivity contribution is 0.866. The molecule has 0 fully saturated rings. The van der Waals surface area contributed by atoms with Gasteiger partial charge in [0.1, 0.15) is 0 Å². The van der Waals surface area contributed by atoms with E-state index in [1.54, 1.807) is 5.57 Å². The number of rotatable bonds is 2. The molecule has 0 N–H and O–H groups in total. The summed E-state index contributed by atoms with van der Waals surface area (Å²) >= 11 is 0. The predicted octanol–water partition coefficient (Wildman–Crippen LogP) is 3.45. The van der Waals surface area contributed by atoms with E-state index in [9.17, 15) is 0 Å². The van der Waals surface area contributed by atoms with E-state index in [1.807, 2.05) is 0 Å². The second-order valence-corrected chi connectivity index (χ2v) is 2.86. The van der Waals surface area contributed by atoms with Crippen LogP contribution in [0, 0.1) is 0 Å². The van der Waals surface area contributed by atoms with Gasteiger partial charge in [0.25, 0.3) is 0 Å². The molecule has 0 aliphatic heterocycles. The molecule has 10 heavy (non-hydrogen) atoms. The Morgan fingerprint density at radius 1 is 1.40 bits per heavy atom. The Bertz CT molecular complexity index is 140. The van der Waals surface area contributed by atoms with Crippen LogP contribution in [0.4, 0.5) is 0 Å². The van der Waals surface area contributed by atoms with Gasteiger partial charge in [-0.25, -0.2) is 0 Å². The third kappa shape index (κ3) is 2.38. The number of allylic oxidation sites excluding steroid dienone is 4. The SMILES string of the molecule is CCCC1=CCCCC=C1. The van der Waals surface area contributed by atoms with Gasteiger partial charge in [0.2, 0.25) is 0 Å². The van der Waals surface area contributed by atoms with E-state index in [0.29, 0.717) is 0 Å². The van der Waals surface area contributed by atoms with Crippen molar-refractivity contribution >= 4 is 0 Å². The largest absolute Gasteiger partial charge is 0.0843 e. The second-order valence-electron chi connectivity index (χ2n) is 2.86. The first kappa shape index (κ1) is 7.59. The van der Waals surface area contributed by atoms with Gasteiger partial charge < -0.3 is 0 Å². The van der Waals surface area contributed by atoms with Crippen LogP contribution >= 0.6 is 0 Å². The molecule has 0 saturated heterocycles. The van der Waals surface area contributed by atoms with Crippen molar-refractivity contribution in [1.82, 2.24) is 0 Å².